The van der Waals surface area contributed by atoms with Crippen LogP contribution in [0.4, 0.5) is 0 Å². The Bertz CT molecular complexity index is 292. The smallest absolute Gasteiger partial charge is 0.0702 e. The predicted molar refractivity (Wildman–Crippen MR) is 129 cm³/mol. The van der Waals surface area contributed by atoms with E-state index in [0.29, 0.717) is 16.6 Å². The fourth-order valence-corrected chi connectivity index (χ4v) is 0. The van der Waals surface area contributed by atoms with Crippen LogP contribution in [0.2, 0.25) is 11.0 Å². The highest BCUT2D eigenvalue weighted by Crippen LogP contribution is 2.37. The Morgan fingerprint density at radius 2 is 0.769 bits per heavy atom. The van der Waals surface area contributed by atoms with E-state index in [2.05, 4.69) is 76.2 Å². The first kappa shape index (κ1) is 33.8. The van der Waals surface area contributed by atoms with Gasteiger partial charge in [0.15, 0.2) is 0 Å². The summed E-state index contributed by atoms with van der Waals surface area (Å²) in [6, 6.07) is 0. The van der Waals surface area contributed by atoms with E-state index in [0.717, 1.165) is 0 Å². The summed E-state index contributed by atoms with van der Waals surface area (Å²) in [5, 5.41) is -0.562. The lowest BCUT2D eigenvalue weighted by Gasteiger charge is -2.36. The van der Waals surface area contributed by atoms with Crippen molar-refractivity contribution in [2.75, 3.05) is 0 Å². The lowest BCUT2D eigenvalue weighted by molar-refractivity contribution is 0.363. The van der Waals surface area contributed by atoms with Gasteiger partial charge in [-0.25, -0.2) is 0 Å². The topological polar surface area (TPSA) is 0 Å². The van der Waals surface area contributed by atoms with E-state index in [-0.39, 0.29) is 10.8 Å². The van der Waals surface area contributed by atoms with Crippen molar-refractivity contribution in [3.05, 3.63) is 0 Å². The zero-order valence-corrected chi connectivity index (χ0v) is 21.5. The van der Waals surface area contributed by atoms with Crippen LogP contribution < -0.4 is 0 Å². The molecule has 0 nitrogen and oxygen atoms in total. The van der Waals surface area contributed by atoms with Crippen LogP contribution in [-0.4, -0.2) is 23.5 Å². The zero-order chi connectivity index (χ0) is 22.8. The van der Waals surface area contributed by atoms with Crippen LogP contribution in [0, 0.1) is 21.7 Å². The number of rotatable bonds is 0. The van der Waals surface area contributed by atoms with Crippen LogP contribution in [0.5, 0.6) is 0 Å². The summed E-state index contributed by atoms with van der Waals surface area (Å²) in [5.41, 5.74) is 1.31. The average molecular weight is 360 g/mol. The summed E-state index contributed by atoms with van der Waals surface area (Å²) in [7, 11) is 16.8. The van der Waals surface area contributed by atoms with Crippen molar-refractivity contribution in [3.63, 3.8) is 0 Å². The molecular formula is C23H51B3. The lowest BCUT2D eigenvalue weighted by atomic mass is 9.45. The van der Waals surface area contributed by atoms with E-state index < -0.39 is 5.21 Å². The molecule has 1 atom stereocenters. The fraction of sp³-hybridized carbons (Fsp3) is 1.00. The van der Waals surface area contributed by atoms with E-state index in [9.17, 15) is 0 Å². The van der Waals surface area contributed by atoms with Gasteiger partial charge in [-0.05, 0) is 21.7 Å². The molecule has 6 radical (unpaired) electrons. The summed E-state index contributed by atoms with van der Waals surface area (Å²) >= 11 is 0. The molecule has 0 aliphatic rings. The summed E-state index contributed by atoms with van der Waals surface area (Å²) in [4.78, 5) is 0. The molecule has 0 bridgehead atoms. The molecule has 0 aromatic rings. The van der Waals surface area contributed by atoms with Gasteiger partial charge in [-0.3, -0.25) is 0 Å². The third kappa shape index (κ3) is 39.3. The second-order valence-corrected chi connectivity index (χ2v) is 12.6. The van der Waals surface area contributed by atoms with Crippen molar-refractivity contribution in [1.29, 1.82) is 0 Å². The first-order chi connectivity index (χ1) is 10.8. The average Bonchev–Trinajstić information content (AvgIpc) is 2.23. The van der Waals surface area contributed by atoms with Crippen molar-refractivity contribution < 1.29 is 0 Å². The summed E-state index contributed by atoms with van der Waals surface area (Å²) in [5.74, 6) is 0.299. The van der Waals surface area contributed by atoms with Crippen molar-refractivity contribution in [1.82, 2.24) is 0 Å². The molecule has 0 aromatic heterocycles. The molecule has 0 aliphatic carbocycles. The number of hydrogen-bond donors (Lipinski definition) is 0. The SMILES string of the molecule is CC(C)(C)C.CCC(C)(C)C.[B]C(C)C(C)(C)C.[B]C([B])(C)C(C)(C)C. The predicted octanol–water partition coefficient (Wildman–Crippen LogP) is 8.01. The molecular weight excluding hydrogens is 309 g/mol. The van der Waals surface area contributed by atoms with E-state index in [4.69, 9.17) is 23.5 Å². The maximum Gasteiger partial charge on any atom is 0.0702 e. The molecule has 0 heterocycles. The highest BCUT2D eigenvalue weighted by atomic mass is 14.2. The van der Waals surface area contributed by atoms with Crippen LogP contribution in [0.3, 0.4) is 0 Å². The van der Waals surface area contributed by atoms with Gasteiger partial charge in [0.25, 0.3) is 0 Å². The molecule has 26 heavy (non-hydrogen) atoms. The maximum absolute atomic E-state index is 5.59. The Balaban J connectivity index is -0.000000126. The van der Waals surface area contributed by atoms with Gasteiger partial charge in [0.1, 0.15) is 0 Å². The third-order valence-electron chi connectivity index (χ3n) is 4.04. The van der Waals surface area contributed by atoms with Gasteiger partial charge in [0.05, 0.1) is 23.5 Å². The molecule has 0 spiro atoms. The second-order valence-electron chi connectivity index (χ2n) is 12.6. The van der Waals surface area contributed by atoms with Crippen LogP contribution >= 0.6 is 0 Å². The van der Waals surface area contributed by atoms with Crippen molar-refractivity contribution in [2.45, 2.75) is 128 Å². The number of hydrogen-bond acceptors (Lipinski definition) is 0. The summed E-state index contributed by atoms with van der Waals surface area (Å²) < 4.78 is 0. The Labute approximate surface area is 173 Å². The van der Waals surface area contributed by atoms with Crippen LogP contribution in [-0.2, 0) is 0 Å². The highest BCUT2D eigenvalue weighted by molar-refractivity contribution is 6.39. The van der Waals surface area contributed by atoms with Gasteiger partial charge in [0, 0.05) is 0 Å². The second kappa shape index (κ2) is 12.6. The minimum absolute atomic E-state index is 0.00694. The van der Waals surface area contributed by atoms with Crippen molar-refractivity contribution in [3.8, 4) is 0 Å². The molecule has 0 saturated heterocycles. The maximum atomic E-state index is 5.59. The van der Waals surface area contributed by atoms with Gasteiger partial charge in [0.2, 0.25) is 0 Å². The highest BCUT2D eigenvalue weighted by Gasteiger charge is 2.25. The molecule has 0 rings (SSSR count). The van der Waals surface area contributed by atoms with Crippen LogP contribution in [0.25, 0.3) is 0 Å². The molecule has 0 amide bonds. The first-order valence-corrected chi connectivity index (χ1v) is 10.1. The first-order valence-electron chi connectivity index (χ1n) is 10.1. The Morgan fingerprint density at radius 3 is 0.769 bits per heavy atom. The Kier molecular flexibility index (Phi) is 16.4. The molecule has 1 unspecified atom stereocenters. The molecule has 0 aromatic carbocycles. The summed E-state index contributed by atoms with van der Waals surface area (Å²) in [6.07, 6.45) is 1.27. The van der Waals surface area contributed by atoms with Gasteiger partial charge in [-0.2, -0.15) is 0 Å². The molecule has 3 heteroatoms. The van der Waals surface area contributed by atoms with Gasteiger partial charge < -0.3 is 0 Å². The largest absolute Gasteiger partial charge is 0.0970 e. The normalized spacial score (nSPS) is 13.8. The van der Waals surface area contributed by atoms with Crippen molar-refractivity contribution in [2.24, 2.45) is 21.7 Å². The zero-order valence-electron chi connectivity index (χ0n) is 21.5. The molecule has 152 valence electrons. The van der Waals surface area contributed by atoms with E-state index in [1.54, 1.807) is 0 Å². The van der Waals surface area contributed by atoms with Crippen LogP contribution in [0.15, 0.2) is 0 Å². The monoisotopic (exact) mass is 360 g/mol. The quantitative estimate of drug-likeness (QED) is 0.384. The molecule has 0 N–H and O–H groups in total. The van der Waals surface area contributed by atoms with Crippen LogP contribution in [0.1, 0.15) is 117 Å². The fourth-order valence-electron chi connectivity index (χ4n) is 0. The Hall–Kier alpha value is 0.195. The lowest BCUT2D eigenvalue weighted by Crippen LogP contribution is -2.26. The molecule has 0 aliphatic heterocycles. The van der Waals surface area contributed by atoms with E-state index in [1.807, 2.05) is 34.6 Å². The standard InChI is InChI=1S/C6H12B2.C6H13B.C6H14.C5H12/c1-5(2,3)6(4,7)8;1-5(7)6(2,3)4;1-5-6(2,3)4;1-5(2,3)4/h1-4H3;5H,1-4H3;5H2,1-4H3;1-4H3. The van der Waals surface area contributed by atoms with Gasteiger partial charge in [-0.15, -0.1) is 0 Å². The van der Waals surface area contributed by atoms with E-state index >= 15 is 0 Å². The molecule has 0 fully saturated rings. The van der Waals surface area contributed by atoms with Gasteiger partial charge in [-0.1, -0.05) is 128 Å². The summed E-state index contributed by atoms with van der Waals surface area (Å²) in [6.45, 7) is 34.0. The minimum atomic E-state index is -0.562. The van der Waals surface area contributed by atoms with Gasteiger partial charge >= 0.3 is 0 Å². The third-order valence-corrected chi connectivity index (χ3v) is 4.04. The van der Waals surface area contributed by atoms with Crippen molar-refractivity contribution >= 4 is 23.5 Å². The Morgan fingerprint density at radius 1 is 0.654 bits per heavy atom. The molecule has 0 saturated carbocycles. The minimum Gasteiger partial charge on any atom is -0.0970 e. The van der Waals surface area contributed by atoms with E-state index in [1.165, 1.54) is 6.42 Å².